The number of aromatic nitrogens is 2. The van der Waals surface area contributed by atoms with Gasteiger partial charge in [-0.15, -0.1) is 0 Å². The molecule has 2 atom stereocenters. The van der Waals surface area contributed by atoms with E-state index in [1.54, 1.807) is 39.0 Å². The van der Waals surface area contributed by atoms with Crippen molar-refractivity contribution in [2.24, 2.45) is 0 Å². The molecule has 0 radical (unpaired) electrons. The van der Waals surface area contributed by atoms with Crippen LogP contribution in [0.25, 0.3) is 0 Å². The summed E-state index contributed by atoms with van der Waals surface area (Å²) in [7, 11) is -7.28. The third-order valence-corrected chi connectivity index (χ3v) is 9.40. The van der Waals surface area contributed by atoms with Crippen molar-refractivity contribution >= 4 is 19.7 Å². The Labute approximate surface area is 184 Å². The zero-order chi connectivity index (χ0) is 23.2. The second kappa shape index (κ2) is 7.99. The number of ether oxygens (including phenoxy) is 1. The van der Waals surface area contributed by atoms with Crippen LogP contribution >= 0.6 is 0 Å². The molecule has 1 aliphatic rings. The summed E-state index contributed by atoms with van der Waals surface area (Å²) in [6.45, 7) is 6.91. The highest BCUT2D eigenvalue weighted by molar-refractivity contribution is 7.92. The molecule has 3 rings (SSSR count). The first-order valence-corrected chi connectivity index (χ1v) is 13.4. The second-order valence-corrected chi connectivity index (χ2v) is 13.6. The molecule has 0 amide bonds. The molecule has 1 N–H and O–H groups in total. The molecule has 0 aliphatic carbocycles. The summed E-state index contributed by atoms with van der Waals surface area (Å²) in [5.41, 5.74) is 0.393. The van der Waals surface area contributed by atoms with Gasteiger partial charge >= 0.3 is 0 Å². The van der Waals surface area contributed by atoms with Gasteiger partial charge in [0.1, 0.15) is 6.10 Å². The third-order valence-electron chi connectivity index (χ3n) is 5.90. The minimum absolute atomic E-state index is 0.138. The van der Waals surface area contributed by atoms with Crippen molar-refractivity contribution in [1.29, 1.82) is 0 Å². The molecule has 0 saturated carbocycles. The van der Waals surface area contributed by atoms with Crippen molar-refractivity contribution in [3.8, 4) is 0 Å². The summed E-state index contributed by atoms with van der Waals surface area (Å²) in [6, 6.07) is 8.24. The smallest absolute Gasteiger partial charge is 0.194 e. The molecule has 2 heterocycles. The van der Waals surface area contributed by atoms with Crippen LogP contribution in [0.2, 0.25) is 0 Å². The molecule has 1 aromatic carbocycles. The molecule has 1 fully saturated rings. The quantitative estimate of drug-likeness (QED) is 0.689. The first-order valence-electron chi connectivity index (χ1n) is 10.1. The zero-order valence-electron chi connectivity index (χ0n) is 18.5. The summed E-state index contributed by atoms with van der Waals surface area (Å²) in [6.07, 6.45) is 0.825. The van der Waals surface area contributed by atoms with Gasteiger partial charge in [-0.3, -0.25) is 4.68 Å². The highest BCUT2D eigenvalue weighted by Gasteiger charge is 2.46. The molecule has 0 spiro atoms. The van der Waals surface area contributed by atoms with Crippen LogP contribution in [0.3, 0.4) is 0 Å². The van der Waals surface area contributed by atoms with E-state index in [9.17, 15) is 21.9 Å². The third kappa shape index (κ3) is 4.44. The Hall–Kier alpha value is -1.75. The number of aliphatic hydroxyl groups is 1. The lowest BCUT2D eigenvalue weighted by Gasteiger charge is -2.38. The van der Waals surface area contributed by atoms with Crippen molar-refractivity contribution in [2.75, 3.05) is 19.5 Å². The maximum absolute atomic E-state index is 13.5. The Morgan fingerprint density at radius 1 is 1.26 bits per heavy atom. The molecule has 8 nitrogen and oxygen atoms in total. The van der Waals surface area contributed by atoms with Crippen molar-refractivity contribution in [2.45, 2.75) is 66.8 Å². The lowest BCUT2D eigenvalue weighted by molar-refractivity contribution is -0.00896. The normalized spacial score (nSPS) is 23.1. The Balaban J connectivity index is 2.07. The maximum atomic E-state index is 13.5. The number of hydrogen-bond acceptors (Lipinski definition) is 7. The van der Waals surface area contributed by atoms with Gasteiger partial charge < -0.3 is 9.84 Å². The highest BCUT2D eigenvalue weighted by Crippen LogP contribution is 2.43. The number of benzene rings is 1. The molecule has 2 unspecified atom stereocenters. The van der Waals surface area contributed by atoms with Gasteiger partial charge in [0.05, 0.1) is 27.5 Å². The Kier molecular flexibility index (Phi) is 6.16. The SMILES string of the molecule is Cc1cccc(S(=O)(=O)C2(C)CCOC(c3cc(S(C)(=O)=O)nn3C(C)(C)CO)C2)c1. The van der Waals surface area contributed by atoms with Gasteiger partial charge in [-0.2, -0.15) is 5.10 Å². The van der Waals surface area contributed by atoms with E-state index in [1.165, 1.54) is 10.7 Å². The molecule has 1 saturated heterocycles. The van der Waals surface area contributed by atoms with Crippen molar-refractivity contribution in [3.05, 3.63) is 41.6 Å². The van der Waals surface area contributed by atoms with Crippen LogP contribution in [0.5, 0.6) is 0 Å². The molecule has 10 heteroatoms. The molecule has 0 bridgehead atoms. The number of aryl methyl sites for hydroxylation is 1. The number of hydrogen-bond donors (Lipinski definition) is 1. The molecular formula is C21H30N2O6S2. The number of rotatable bonds is 6. The van der Waals surface area contributed by atoms with Crippen molar-refractivity contribution in [3.63, 3.8) is 0 Å². The fourth-order valence-electron chi connectivity index (χ4n) is 3.81. The van der Waals surface area contributed by atoms with Gasteiger partial charge in [-0.25, -0.2) is 16.8 Å². The van der Waals surface area contributed by atoms with Gasteiger partial charge in [0.2, 0.25) is 0 Å². The van der Waals surface area contributed by atoms with E-state index in [4.69, 9.17) is 4.74 Å². The molecule has 2 aromatic rings. The largest absolute Gasteiger partial charge is 0.394 e. The zero-order valence-corrected chi connectivity index (χ0v) is 20.1. The first kappa shape index (κ1) is 23.9. The van der Waals surface area contributed by atoms with E-state index in [2.05, 4.69) is 5.10 Å². The topological polar surface area (TPSA) is 116 Å². The Morgan fingerprint density at radius 3 is 2.52 bits per heavy atom. The highest BCUT2D eigenvalue weighted by atomic mass is 32.2. The van der Waals surface area contributed by atoms with Crippen LogP contribution in [-0.2, 0) is 30.0 Å². The molecule has 31 heavy (non-hydrogen) atoms. The fourth-order valence-corrected chi connectivity index (χ4v) is 6.26. The van der Waals surface area contributed by atoms with Crippen LogP contribution in [-0.4, -0.2) is 55.9 Å². The molecule has 1 aromatic heterocycles. The summed E-state index contributed by atoms with van der Waals surface area (Å²) >= 11 is 0. The molecule has 1 aliphatic heterocycles. The van der Waals surface area contributed by atoms with Gasteiger partial charge in [0, 0.05) is 18.9 Å². The standard InChI is InChI=1S/C21H30N2O6S2/c1-15-7-6-8-16(11-15)31(27,28)21(4)9-10-29-18(13-21)17-12-19(30(5,25)26)22-23(17)20(2,3)14-24/h6-8,11-12,18,24H,9-10,13-14H2,1-5H3. The summed E-state index contributed by atoms with van der Waals surface area (Å²) in [4.78, 5) is 0.261. The molecular weight excluding hydrogens is 440 g/mol. The van der Waals surface area contributed by atoms with E-state index < -0.39 is 36.1 Å². The molecule has 172 valence electrons. The summed E-state index contributed by atoms with van der Waals surface area (Å²) in [5, 5.41) is 13.9. The number of nitrogens with zero attached hydrogens (tertiary/aromatic N) is 2. The van der Waals surface area contributed by atoms with Gasteiger partial charge in [0.15, 0.2) is 24.7 Å². The van der Waals surface area contributed by atoms with Gasteiger partial charge in [-0.1, -0.05) is 12.1 Å². The predicted molar refractivity (Wildman–Crippen MR) is 116 cm³/mol. The maximum Gasteiger partial charge on any atom is 0.194 e. The lowest BCUT2D eigenvalue weighted by atomic mass is 9.94. The van der Waals surface area contributed by atoms with Crippen LogP contribution in [0.1, 0.15) is 51.0 Å². The van der Waals surface area contributed by atoms with E-state index in [0.717, 1.165) is 11.8 Å². The van der Waals surface area contributed by atoms with E-state index in [1.807, 2.05) is 13.0 Å². The van der Waals surface area contributed by atoms with Crippen LogP contribution in [0.15, 0.2) is 40.3 Å². The summed E-state index contributed by atoms with van der Waals surface area (Å²) < 4.78 is 57.6. The fraction of sp³-hybridized carbons (Fsp3) is 0.571. The minimum Gasteiger partial charge on any atom is -0.394 e. The number of sulfone groups is 2. The average Bonchev–Trinajstić information content (AvgIpc) is 3.15. The Bertz CT molecular complexity index is 1180. The predicted octanol–water partition coefficient (Wildman–Crippen LogP) is 2.41. The van der Waals surface area contributed by atoms with Crippen molar-refractivity contribution < 1.29 is 26.7 Å². The van der Waals surface area contributed by atoms with E-state index in [0.29, 0.717) is 12.1 Å². The second-order valence-electron chi connectivity index (χ2n) is 9.15. The van der Waals surface area contributed by atoms with E-state index in [-0.39, 0.29) is 29.6 Å². The number of aliphatic hydroxyl groups excluding tert-OH is 1. The van der Waals surface area contributed by atoms with Crippen LogP contribution in [0.4, 0.5) is 0 Å². The lowest BCUT2D eigenvalue weighted by Crippen LogP contribution is -2.43. The van der Waals surface area contributed by atoms with Gasteiger partial charge in [-0.05, 0) is 58.2 Å². The first-order chi connectivity index (χ1) is 14.2. The van der Waals surface area contributed by atoms with Gasteiger partial charge in [0.25, 0.3) is 0 Å². The monoisotopic (exact) mass is 470 g/mol. The van der Waals surface area contributed by atoms with Crippen LogP contribution in [0, 0.1) is 6.92 Å². The Morgan fingerprint density at radius 2 is 1.94 bits per heavy atom. The van der Waals surface area contributed by atoms with Crippen molar-refractivity contribution in [1.82, 2.24) is 9.78 Å². The minimum atomic E-state index is -3.68. The summed E-state index contributed by atoms with van der Waals surface area (Å²) in [5.74, 6) is 0. The van der Waals surface area contributed by atoms with E-state index >= 15 is 0 Å². The van der Waals surface area contributed by atoms with Crippen LogP contribution < -0.4 is 0 Å². The average molecular weight is 471 g/mol.